The maximum absolute atomic E-state index is 13.3. The summed E-state index contributed by atoms with van der Waals surface area (Å²) >= 11 is 1.89. The fourth-order valence-electron chi connectivity index (χ4n) is 2.53. The van der Waals surface area contributed by atoms with Crippen LogP contribution >= 0.6 is 11.8 Å². The Hall–Kier alpha value is -0.540. The molecule has 0 spiro atoms. The molecule has 1 aromatic rings. The Balaban J connectivity index is 2.05. The summed E-state index contributed by atoms with van der Waals surface area (Å²) in [6.45, 7) is 2.08. The molecule has 1 nitrogen and oxygen atoms in total. The fraction of sp³-hybridized carbons (Fsp3) is 0.600. The number of thioether (sulfide) groups is 1. The van der Waals surface area contributed by atoms with Crippen LogP contribution in [0, 0.1) is 11.7 Å². The molecule has 0 saturated heterocycles. The van der Waals surface area contributed by atoms with Gasteiger partial charge in [0.2, 0.25) is 0 Å². The van der Waals surface area contributed by atoms with Crippen molar-refractivity contribution in [1.82, 2.24) is 5.32 Å². The van der Waals surface area contributed by atoms with E-state index < -0.39 is 0 Å². The second-order valence-corrected chi connectivity index (χ2v) is 6.22. The van der Waals surface area contributed by atoms with Crippen molar-refractivity contribution in [2.24, 2.45) is 5.92 Å². The predicted octanol–water partition coefficient (Wildman–Crippen LogP) is 4.39. The highest BCUT2D eigenvalue weighted by atomic mass is 32.2. The van der Waals surface area contributed by atoms with Gasteiger partial charge in [-0.1, -0.05) is 12.8 Å². The van der Waals surface area contributed by atoms with Crippen LogP contribution < -0.4 is 5.32 Å². The number of benzene rings is 1. The summed E-state index contributed by atoms with van der Waals surface area (Å²) < 4.78 is 13.3. The highest BCUT2D eigenvalue weighted by molar-refractivity contribution is 7.99. The lowest BCUT2D eigenvalue weighted by Gasteiger charge is -2.17. The number of hydrogen-bond donors (Lipinski definition) is 1. The molecule has 1 unspecified atom stereocenters. The normalized spacial score (nSPS) is 18.2. The Kier molecular flexibility index (Phi) is 5.07. The Morgan fingerprint density at radius 2 is 2.11 bits per heavy atom. The summed E-state index contributed by atoms with van der Waals surface area (Å²) in [6, 6.07) is 5.37. The van der Waals surface area contributed by atoms with E-state index in [4.69, 9.17) is 0 Å². The molecule has 0 heterocycles. The average Bonchev–Trinajstić information content (AvgIpc) is 2.89. The Morgan fingerprint density at radius 3 is 2.78 bits per heavy atom. The number of halogens is 1. The molecule has 100 valence electrons. The summed E-state index contributed by atoms with van der Waals surface area (Å²) in [5, 5.41) is 3.20. The van der Waals surface area contributed by atoms with Crippen molar-refractivity contribution < 1.29 is 4.39 Å². The van der Waals surface area contributed by atoms with Gasteiger partial charge in [-0.2, -0.15) is 0 Å². The third kappa shape index (κ3) is 3.48. The first-order chi connectivity index (χ1) is 8.70. The molecule has 1 aliphatic carbocycles. The summed E-state index contributed by atoms with van der Waals surface area (Å²) in [5.41, 5.74) is 1.08. The topological polar surface area (TPSA) is 12.0 Å². The van der Waals surface area contributed by atoms with Gasteiger partial charge in [0, 0.05) is 16.7 Å². The van der Waals surface area contributed by atoms with Crippen LogP contribution in [0.15, 0.2) is 23.1 Å². The molecule has 0 radical (unpaired) electrons. The Morgan fingerprint density at radius 1 is 1.39 bits per heavy atom. The molecular weight excluding hydrogens is 245 g/mol. The van der Waals surface area contributed by atoms with Gasteiger partial charge in [-0.25, -0.2) is 4.39 Å². The summed E-state index contributed by atoms with van der Waals surface area (Å²) in [4.78, 5) is 1.23. The van der Waals surface area contributed by atoms with Crippen molar-refractivity contribution in [2.45, 2.75) is 43.5 Å². The maximum Gasteiger partial charge on any atom is 0.123 e. The monoisotopic (exact) mass is 267 g/mol. The molecule has 1 aromatic carbocycles. The van der Waals surface area contributed by atoms with E-state index in [1.807, 2.05) is 24.9 Å². The van der Waals surface area contributed by atoms with Gasteiger partial charge in [-0.15, -0.1) is 11.8 Å². The molecule has 0 bridgehead atoms. The van der Waals surface area contributed by atoms with E-state index in [2.05, 4.69) is 12.2 Å². The minimum atomic E-state index is -0.141. The van der Waals surface area contributed by atoms with Crippen LogP contribution in [0.5, 0.6) is 0 Å². The van der Waals surface area contributed by atoms with Crippen LogP contribution in [0.2, 0.25) is 0 Å². The smallest absolute Gasteiger partial charge is 0.123 e. The predicted molar refractivity (Wildman–Crippen MR) is 76.6 cm³/mol. The van der Waals surface area contributed by atoms with E-state index in [-0.39, 0.29) is 11.9 Å². The van der Waals surface area contributed by atoms with Crippen LogP contribution in [-0.2, 0) is 0 Å². The van der Waals surface area contributed by atoms with Gasteiger partial charge in [0.15, 0.2) is 0 Å². The zero-order chi connectivity index (χ0) is 13.0. The standard InChI is InChI=1S/C15H22FNS/c1-11(17-2)14-9-13(16)7-8-15(14)18-10-12-5-3-4-6-12/h7-9,11-12,17H,3-6,10H2,1-2H3. The van der Waals surface area contributed by atoms with Crippen molar-refractivity contribution in [2.75, 3.05) is 12.8 Å². The minimum Gasteiger partial charge on any atom is -0.313 e. The zero-order valence-electron chi connectivity index (χ0n) is 11.2. The SMILES string of the molecule is CNC(C)c1cc(F)ccc1SCC1CCCC1. The second kappa shape index (κ2) is 6.58. The van der Waals surface area contributed by atoms with Gasteiger partial charge >= 0.3 is 0 Å². The zero-order valence-corrected chi connectivity index (χ0v) is 12.0. The summed E-state index contributed by atoms with van der Waals surface area (Å²) in [5.74, 6) is 1.89. The third-order valence-corrected chi connectivity index (χ3v) is 5.14. The Labute approximate surface area is 114 Å². The van der Waals surface area contributed by atoms with E-state index in [1.54, 1.807) is 12.1 Å². The van der Waals surface area contributed by atoms with E-state index in [9.17, 15) is 4.39 Å². The quantitative estimate of drug-likeness (QED) is 0.794. The van der Waals surface area contributed by atoms with E-state index in [1.165, 1.54) is 36.3 Å². The van der Waals surface area contributed by atoms with Crippen LogP contribution in [-0.4, -0.2) is 12.8 Å². The minimum absolute atomic E-state index is 0.141. The van der Waals surface area contributed by atoms with Crippen LogP contribution in [0.3, 0.4) is 0 Å². The highest BCUT2D eigenvalue weighted by Crippen LogP contribution is 2.34. The lowest BCUT2D eigenvalue weighted by Crippen LogP contribution is -2.13. The third-order valence-electron chi connectivity index (χ3n) is 3.82. The summed E-state index contributed by atoms with van der Waals surface area (Å²) in [7, 11) is 1.92. The van der Waals surface area contributed by atoms with Gasteiger partial charge in [-0.3, -0.25) is 0 Å². The van der Waals surface area contributed by atoms with Crippen LogP contribution in [0.1, 0.15) is 44.2 Å². The molecule has 1 aliphatic rings. The highest BCUT2D eigenvalue weighted by Gasteiger charge is 2.17. The van der Waals surface area contributed by atoms with E-state index >= 15 is 0 Å². The molecule has 1 fully saturated rings. The first kappa shape index (κ1) is 13.9. The van der Waals surface area contributed by atoms with Crippen LogP contribution in [0.25, 0.3) is 0 Å². The average molecular weight is 267 g/mol. The van der Waals surface area contributed by atoms with Gasteiger partial charge in [0.1, 0.15) is 5.82 Å². The van der Waals surface area contributed by atoms with E-state index in [0.717, 1.165) is 11.5 Å². The van der Waals surface area contributed by atoms with Crippen molar-refractivity contribution in [3.63, 3.8) is 0 Å². The molecule has 1 N–H and O–H groups in total. The summed E-state index contributed by atoms with van der Waals surface area (Å²) in [6.07, 6.45) is 5.50. The molecule has 1 saturated carbocycles. The number of nitrogens with one attached hydrogen (secondary N) is 1. The second-order valence-electron chi connectivity index (χ2n) is 5.15. The molecule has 0 amide bonds. The molecular formula is C15H22FNS. The molecule has 1 atom stereocenters. The van der Waals surface area contributed by atoms with Crippen molar-refractivity contribution in [3.05, 3.63) is 29.6 Å². The Bertz CT molecular complexity index is 388. The number of rotatable bonds is 5. The molecule has 2 rings (SSSR count). The first-order valence-electron chi connectivity index (χ1n) is 6.80. The molecule has 18 heavy (non-hydrogen) atoms. The molecule has 0 aliphatic heterocycles. The van der Waals surface area contributed by atoms with Crippen LogP contribution in [0.4, 0.5) is 4.39 Å². The first-order valence-corrected chi connectivity index (χ1v) is 7.78. The van der Waals surface area contributed by atoms with Gasteiger partial charge in [0.25, 0.3) is 0 Å². The fourth-order valence-corrected chi connectivity index (χ4v) is 3.84. The van der Waals surface area contributed by atoms with Gasteiger partial charge in [0.05, 0.1) is 0 Å². The largest absolute Gasteiger partial charge is 0.313 e. The number of hydrogen-bond acceptors (Lipinski definition) is 2. The molecule has 3 heteroatoms. The lowest BCUT2D eigenvalue weighted by molar-refractivity contribution is 0.600. The van der Waals surface area contributed by atoms with Gasteiger partial charge in [-0.05, 0) is 56.5 Å². The van der Waals surface area contributed by atoms with Crippen molar-refractivity contribution >= 4 is 11.8 Å². The van der Waals surface area contributed by atoms with Crippen molar-refractivity contribution in [1.29, 1.82) is 0 Å². The van der Waals surface area contributed by atoms with Gasteiger partial charge < -0.3 is 5.32 Å². The molecule has 0 aromatic heterocycles. The van der Waals surface area contributed by atoms with E-state index in [0.29, 0.717) is 0 Å². The maximum atomic E-state index is 13.3. The lowest BCUT2D eigenvalue weighted by atomic mass is 10.1. The van der Waals surface area contributed by atoms with Crippen molar-refractivity contribution in [3.8, 4) is 0 Å².